The minimum Gasteiger partial charge on any atom is -0.462 e. The lowest BCUT2D eigenvalue weighted by Crippen LogP contribution is -2.07. The summed E-state index contributed by atoms with van der Waals surface area (Å²) < 4.78 is 47.9. The van der Waals surface area contributed by atoms with Crippen molar-refractivity contribution in [3.8, 4) is 11.5 Å². The standard InChI is InChI=1S/C16H12F3NO5/c1-2-24-15(21)13-9-11(20(22)23)5-8-14(13)25-12-6-3-10(4-7-12)16(17,18)19/h3-9H,2H2,1H3. The third-order valence-corrected chi connectivity index (χ3v) is 3.08. The van der Waals surface area contributed by atoms with Gasteiger partial charge in [0, 0.05) is 12.1 Å². The number of nitro groups is 1. The highest BCUT2D eigenvalue weighted by atomic mass is 19.4. The summed E-state index contributed by atoms with van der Waals surface area (Å²) in [6.07, 6.45) is -4.48. The summed E-state index contributed by atoms with van der Waals surface area (Å²) in [4.78, 5) is 22.1. The van der Waals surface area contributed by atoms with Crippen LogP contribution in [0, 0.1) is 10.1 Å². The number of non-ortho nitro benzene ring substituents is 1. The lowest BCUT2D eigenvalue weighted by Gasteiger charge is -2.11. The number of esters is 1. The van der Waals surface area contributed by atoms with E-state index in [1.165, 1.54) is 6.07 Å². The number of ether oxygens (including phenoxy) is 2. The average Bonchev–Trinajstić information content (AvgIpc) is 2.55. The molecule has 0 heterocycles. The van der Waals surface area contributed by atoms with Gasteiger partial charge in [-0.25, -0.2) is 4.79 Å². The van der Waals surface area contributed by atoms with Gasteiger partial charge in [0.15, 0.2) is 0 Å². The highest BCUT2D eigenvalue weighted by Crippen LogP contribution is 2.33. The molecule has 0 bridgehead atoms. The van der Waals surface area contributed by atoms with Gasteiger partial charge < -0.3 is 9.47 Å². The second-order valence-corrected chi connectivity index (χ2v) is 4.78. The largest absolute Gasteiger partial charge is 0.462 e. The summed E-state index contributed by atoms with van der Waals surface area (Å²) in [6, 6.07) is 7.09. The number of halogens is 3. The molecule has 0 saturated carbocycles. The van der Waals surface area contributed by atoms with Crippen LogP contribution < -0.4 is 4.74 Å². The number of carbonyl (C=O) groups excluding carboxylic acids is 1. The first-order valence-electron chi connectivity index (χ1n) is 7.03. The van der Waals surface area contributed by atoms with Gasteiger partial charge >= 0.3 is 12.1 Å². The second kappa shape index (κ2) is 7.20. The Morgan fingerprint density at radius 2 is 1.80 bits per heavy atom. The van der Waals surface area contributed by atoms with Crippen LogP contribution in [0.3, 0.4) is 0 Å². The van der Waals surface area contributed by atoms with Gasteiger partial charge in [-0.3, -0.25) is 10.1 Å². The first-order valence-corrected chi connectivity index (χ1v) is 7.03. The van der Waals surface area contributed by atoms with E-state index in [2.05, 4.69) is 0 Å². The molecule has 0 radical (unpaired) electrons. The maximum Gasteiger partial charge on any atom is 0.416 e. The monoisotopic (exact) mass is 355 g/mol. The lowest BCUT2D eigenvalue weighted by molar-refractivity contribution is -0.384. The predicted molar refractivity (Wildman–Crippen MR) is 80.6 cm³/mol. The Morgan fingerprint density at radius 1 is 1.16 bits per heavy atom. The maximum absolute atomic E-state index is 12.6. The number of carbonyl (C=O) groups is 1. The van der Waals surface area contributed by atoms with E-state index in [0.29, 0.717) is 0 Å². The van der Waals surface area contributed by atoms with E-state index >= 15 is 0 Å². The number of hydrogen-bond donors (Lipinski definition) is 0. The number of benzene rings is 2. The molecular formula is C16H12F3NO5. The predicted octanol–water partition coefficient (Wildman–Crippen LogP) is 4.58. The van der Waals surface area contributed by atoms with Crippen LogP contribution in [0.1, 0.15) is 22.8 Å². The zero-order chi connectivity index (χ0) is 18.6. The Hall–Kier alpha value is -3.10. The smallest absolute Gasteiger partial charge is 0.416 e. The first kappa shape index (κ1) is 18.2. The maximum atomic E-state index is 12.6. The van der Waals surface area contributed by atoms with E-state index in [0.717, 1.165) is 36.4 Å². The molecular weight excluding hydrogens is 343 g/mol. The van der Waals surface area contributed by atoms with Crippen molar-refractivity contribution in [1.29, 1.82) is 0 Å². The topological polar surface area (TPSA) is 78.7 Å². The first-order chi connectivity index (χ1) is 11.7. The van der Waals surface area contributed by atoms with Crippen LogP contribution in [0.25, 0.3) is 0 Å². The molecule has 0 N–H and O–H groups in total. The summed E-state index contributed by atoms with van der Waals surface area (Å²) in [5.41, 5.74) is -1.40. The molecule has 0 aliphatic heterocycles. The molecule has 6 nitrogen and oxygen atoms in total. The van der Waals surface area contributed by atoms with Crippen molar-refractivity contribution in [1.82, 2.24) is 0 Å². The van der Waals surface area contributed by atoms with E-state index in [9.17, 15) is 28.1 Å². The Bertz CT molecular complexity index is 787. The molecule has 0 atom stereocenters. The molecule has 132 valence electrons. The molecule has 9 heteroatoms. The van der Waals surface area contributed by atoms with E-state index in [1.807, 2.05) is 0 Å². The molecule has 2 aromatic rings. The molecule has 25 heavy (non-hydrogen) atoms. The van der Waals surface area contributed by atoms with Crippen molar-refractivity contribution in [2.45, 2.75) is 13.1 Å². The van der Waals surface area contributed by atoms with E-state index in [1.54, 1.807) is 6.92 Å². The van der Waals surface area contributed by atoms with E-state index < -0.39 is 22.6 Å². The molecule has 0 amide bonds. The molecule has 0 unspecified atom stereocenters. The molecule has 0 fully saturated rings. The minimum absolute atomic E-state index is 0.0346. The number of nitrogens with zero attached hydrogens (tertiary/aromatic N) is 1. The fraction of sp³-hybridized carbons (Fsp3) is 0.188. The second-order valence-electron chi connectivity index (χ2n) is 4.78. The molecule has 0 aliphatic rings. The molecule has 0 aliphatic carbocycles. The number of nitro benzene ring substituents is 1. The van der Waals surface area contributed by atoms with Crippen LogP contribution in [0.4, 0.5) is 18.9 Å². The molecule has 0 aromatic heterocycles. The van der Waals surface area contributed by atoms with Gasteiger partial charge in [-0.1, -0.05) is 0 Å². The fourth-order valence-corrected chi connectivity index (χ4v) is 1.93. The van der Waals surface area contributed by atoms with E-state index in [-0.39, 0.29) is 29.4 Å². The van der Waals surface area contributed by atoms with Gasteiger partial charge in [-0.05, 0) is 37.3 Å². The fourth-order valence-electron chi connectivity index (χ4n) is 1.93. The van der Waals surface area contributed by atoms with Crippen LogP contribution in [0.15, 0.2) is 42.5 Å². The highest BCUT2D eigenvalue weighted by Gasteiger charge is 2.30. The molecule has 2 aromatic carbocycles. The normalized spacial score (nSPS) is 11.0. The minimum atomic E-state index is -4.48. The van der Waals surface area contributed by atoms with Crippen LogP contribution >= 0.6 is 0 Å². The van der Waals surface area contributed by atoms with Gasteiger partial charge in [-0.2, -0.15) is 13.2 Å². The van der Waals surface area contributed by atoms with Crippen molar-refractivity contribution in [3.63, 3.8) is 0 Å². The van der Waals surface area contributed by atoms with E-state index in [4.69, 9.17) is 9.47 Å². The zero-order valence-corrected chi connectivity index (χ0v) is 12.9. The number of hydrogen-bond acceptors (Lipinski definition) is 5. The third kappa shape index (κ3) is 4.46. The summed E-state index contributed by atoms with van der Waals surface area (Å²) in [5.74, 6) is -0.871. The van der Waals surface area contributed by atoms with Crippen LogP contribution in [-0.2, 0) is 10.9 Å². The quantitative estimate of drug-likeness (QED) is 0.445. The van der Waals surface area contributed by atoms with Crippen molar-refractivity contribution in [3.05, 3.63) is 63.7 Å². The van der Waals surface area contributed by atoms with Crippen LogP contribution in [0.2, 0.25) is 0 Å². The van der Waals surface area contributed by atoms with Gasteiger partial charge in [0.2, 0.25) is 0 Å². The molecule has 2 rings (SSSR count). The number of rotatable bonds is 5. The Balaban J connectivity index is 2.34. The summed E-state index contributed by atoms with van der Waals surface area (Å²) in [7, 11) is 0. The van der Waals surface area contributed by atoms with Crippen molar-refractivity contribution in [2.24, 2.45) is 0 Å². The zero-order valence-electron chi connectivity index (χ0n) is 12.9. The van der Waals surface area contributed by atoms with Crippen LogP contribution in [0.5, 0.6) is 11.5 Å². The molecule has 0 saturated heterocycles. The third-order valence-electron chi connectivity index (χ3n) is 3.08. The Kier molecular flexibility index (Phi) is 5.26. The van der Waals surface area contributed by atoms with Gasteiger partial charge in [-0.15, -0.1) is 0 Å². The van der Waals surface area contributed by atoms with Gasteiger partial charge in [0.1, 0.15) is 17.1 Å². The van der Waals surface area contributed by atoms with Crippen molar-refractivity contribution >= 4 is 11.7 Å². The Labute approximate surface area is 139 Å². The number of alkyl halides is 3. The van der Waals surface area contributed by atoms with Crippen LogP contribution in [-0.4, -0.2) is 17.5 Å². The van der Waals surface area contributed by atoms with Crippen molar-refractivity contribution in [2.75, 3.05) is 6.61 Å². The summed E-state index contributed by atoms with van der Waals surface area (Å²) in [5, 5.41) is 10.8. The summed E-state index contributed by atoms with van der Waals surface area (Å²) >= 11 is 0. The lowest BCUT2D eigenvalue weighted by atomic mass is 10.1. The van der Waals surface area contributed by atoms with Crippen molar-refractivity contribution < 1.29 is 32.4 Å². The summed E-state index contributed by atoms with van der Waals surface area (Å²) in [6.45, 7) is 1.60. The average molecular weight is 355 g/mol. The SMILES string of the molecule is CCOC(=O)c1cc([N+](=O)[O-])ccc1Oc1ccc(C(F)(F)F)cc1. The highest BCUT2D eigenvalue weighted by molar-refractivity contribution is 5.93. The molecule has 0 spiro atoms. The Morgan fingerprint density at radius 3 is 2.32 bits per heavy atom. The van der Waals surface area contributed by atoms with Gasteiger partial charge in [0.05, 0.1) is 17.1 Å². The van der Waals surface area contributed by atoms with Gasteiger partial charge in [0.25, 0.3) is 5.69 Å².